The van der Waals surface area contributed by atoms with Gasteiger partial charge in [0.1, 0.15) is 6.17 Å². The molecule has 7 atom stereocenters. The molecular formula is C21H29FO. The summed E-state index contributed by atoms with van der Waals surface area (Å²) in [6, 6.07) is 0. The van der Waals surface area contributed by atoms with Gasteiger partial charge in [-0.15, -0.1) is 0 Å². The van der Waals surface area contributed by atoms with Gasteiger partial charge in [-0.05, 0) is 78.9 Å². The van der Waals surface area contributed by atoms with Crippen LogP contribution in [0.5, 0.6) is 0 Å². The number of allylic oxidation sites excluding steroid dienone is 4. The largest absolute Gasteiger partial charge is 0.290 e. The highest BCUT2D eigenvalue weighted by Crippen LogP contribution is 2.66. The van der Waals surface area contributed by atoms with Gasteiger partial charge >= 0.3 is 0 Å². The van der Waals surface area contributed by atoms with Crippen molar-refractivity contribution in [3.05, 3.63) is 23.8 Å². The van der Waals surface area contributed by atoms with E-state index in [1.807, 2.05) is 6.08 Å². The number of fused-ring (bicyclic) bond motifs is 5. The van der Waals surface area contributed by atoms with Gasteiger partial charge in [-0.1, -0.05) is 33.3 Å². The summed E-state index contributed by atoms with van der Waals surface area (Å²) in [5.74, 6) is 2.46. The Balaban J connectivity index is 1.72. The number of hydrogen-bond donors (Lipinski definition) is 0. The molecule has 4 rings (SSSR count). The van der Waals surface area contributed by atoms with Gasteiger partial charge < -0.3 is 0 Å². The van der Waals surface area contributed by atoms with E-state index in [4.69, 9.17) is 0 Å². The molecule has 0 spiro atoms. The van der Waals surface area contributed by atoms with Crippen LogP contribution in [0.15, 0.2) is 23.8 Å². The minimum Gasteiger partial charge on any atom is -0.290 e. The monoisotopic (exact) mass is 316 g/mol. The van der Waals surface area contributed by atoms with Gasteiger partial charge in [0.2, 0.25) is 0 Å². The lowest BCUT2D eigenvalue weighted by Gasteiger charge is -2.57. The quantitative estimate of drug-likeness (QED) is 0.644. The maximum Gasteiger partial charge on any atom is 0.178 e. The fraction of sp³-hybridized carbons (Fsp3) is 0.762. The van der Waals surface area contributed by atoms with Crippen LogP contribution in [0, 0.1) is 34.5 Å². The van der Waals surface area contributed by atoms with Gasteiger partial charge in [-0.3, -0.25) is 4.79 Å². The molecule has 0 aromatic carbocycles. The van der Waals surface area contributed by atoms with Crippen molar-refractivity contribution in [3.8, 4) is 0 Å². The third-order valence-corrected chi connectivity index (χ3v) is 8.23. The lowest BCUT2D eigenvalue weighted by Crippen LogP contribution is -2.52. The molecule has 0 aliphatic heterocycles. The molecule has 0 N–H and O–H groups in total. The van der Waals surface area contributed by atoms with Gasteiger partial charge in [0.15, 0.2) is 5.78 Å². The van der Waals surface area contributed by atoms with Crippen molar-refractivity contribution in [2.45, 2.75) is 65.5 Å². The molecule has 3 fully saturated rings. The van der Waals surface area contributed by atoms with Crippen molar-refractivity contribution in [2.24, 2.45) is 34.5 Å². The number of ketones is 1. The molecule has 4 aliphatic rings. The number of halogens is 1. The van der Waals surface area contributed by atoms with Crippen molar-refractivity contribution in [3.63, 3.8) is 0 Å². The highest BCUT2D eigenvalue weighted by atomic mass is 19.1. The molecule has 23 heavy (non-hydrogen) atoms. The third-order valence-electron chi connectivity index (χ3n) is 8.23. The Morgan fingerprint density at radius 1 is 1.22 bits per heavy atom. The Hall–Kier alpha value is -0.920. The Kier molecular flexibility index (Phi) is 3.42. The van der Waals surface area contributed by atoms with Crippen LogP contribution in [-0.2, 0) is 4.79 Å². The van der Waals surface area contributed by atoms with Crippen LogP contribution in [0.3, 0.4) is 0 Å². The van der Waals surface area contributed by atoms with E-state index in [9.17, 15) is 4.79 Å². The van der Waals surface area contributed by atoms with E-state index in [0.29, 0.717) is 29.6 Å². The summed E-state index contributed by atoms with van der Waals surface area (Å²) in [7, 11) is 0. The average molecular weight is 316 g/mol. The van der Waals surface area contributed by atoms with Crippen molar-refractivity contribution in [1.82, 2.24) is 0 Å². The summed E-state index contributed by atoms with van der Waals surface area (Å²) in [6.45, 7) is 6.98. The fourth-order valence-electron chi connectivity index (χ4n) is 6.98. The lowest BCUT2D eigenvalue weighted by atomic mass is 9.47. The zero-order valence-electron chi connectivity index (χ0n) is 14.6. The first-order valence-electron chi connectivity index (χ1n) is 9.49. The van der Waals surface area contributed by atoms with Gasteiger partial charge in [0.25, 0.3) is 0 Å². The second-order valence-corrected chi connectivity index (χ2v) is 8.93. The highest BCUT2D eigenvalue weighted by Gasteiger charge is 2.59. The summed E-state index contributed by atoms with van der Waals surface area (Å²) in [5, 5.41) is 0. The second kappa shape index (κ2) is 5.04. The molecule has 0 heterocycles. The summed E-state index contributed by atoms with van der Waals surface area (Å²) >= 11 is 0. The molecule has 1 nitrogen and oxygen atoms in total. The Morgan fingerprint density at radius 2 is 2.00 bits per heavy atom. The normalized spacial score (nSPS) is 51.7. The van der Waals surface area contributed by atoms with Crippen molar-refractivity contribution in [1.29, 1.82) is 0 Å². The maximum atomic E-state index is 15.0. The van der Waals surface area contributed by atoms with E-state index >= 15 is 4.39 Å². The molecule has 4 aliphatic carbocycles. The first-order chi connectivity index (χ1) is 10.9. The molecule has 0 aromatic heterocycles. The predicted molar refractivity (Wildman–Crippen MR) is 90.7 cm³/mol. The minimum atomic E-state index is -0.932. The summed E-state index contributed by atoms with van der Waals surface area (Å²) < 4.78 is 15.0. The van der Waals surface area contributed by atoms with Gasteiger partial charge in [0.05, 0.1) is 0 Å². The number of carbonyl (C=O) groups excluding carboxylic acids is 1. The molecule has 0 radical (unpaired) electrons. The molecule has 0 amide bonds. The van der Waals surface area contributed by atoms with Crippen LogP contribution in [0.25, 0.3) is 0 Å². The van der Waals surface area contributed by atoms with E-state index in [1.165, 1.54) is 32.1 Å². The van der Waals surface area contributed by atoms with Crippen LogP contribution in [-0.4, -0.2) is 12.0 Å². The van der Waals surface area contributed by atoms with Crippen molar-refractivity contribution in [2.75, 3.05) is 0 Å². The lowest BCUT2D eigenvalue weighted by molar-refractivity contribution is -0.111. The first kappa shape index (κ1) is 15.6. The van der Waals surface area contributed by atoms with Crippen LogP contribution < -0.4 is 0 Å². The van der Waals surface area contributed by atoms with Crippen LogP contribution in [0.1, 0.15) is 59.3 Å². The zero-order chi connectivity index (χ0) is 16.4. The van der Waals surface area contributed by atoms with Crippen molar-refractivity contribution < 1.29 is 9.18 Å². The second-order valence-electron chi connectivity index (χ2n) is 8.93. The fourth-order valence-corrected chi connectivity index (χ4v) is 6.98. The number of rotatable bonds is 1. The third kappa shape index (κ3) is 1.99. The molecule has 3 saturated carbocycles. The predicted octanol–water partition coefficient (Wildman–Crippen LogP) is 5.27. The number of hydrogen-bond acceptors (Lipinski definition) is 1. The average Bonchev–Trinajstić information content (AvgIpc) is 2.86. The van der Waals surface area contributed by atoms with Crippen LogP contribution >= 0.6 is 0 Å². The molecular weight excluding hydrogens is 287 g/mol. The van der Waals surface area contributed by atoms with E-state index in [-0.39, 0.29) is 11.2 Å². The first-order valence-corrected chi connectivity index (χ1v) is 9.49. The number of carbonyl (C=O) groups is 1. The van der Waals surface area contributed by atoms with E-state index < -0.39 is 6.17 Å². The summed E-state index contributed by atoms with van der Waals surface area (Å²) in [5.41, 5.74) is 0.948. The number of alkyl halides is 1. The molecule has 126 valence electrons. The smallest absolute Gasteiger partial charge is 0.178 e. The minimum absolute atomic E-state index is 0.0360. The van der Waals surface area contributed by atoms with Gasteiger partial charge in [-0.2, -0.15) is 0 Å². The van der Waals surface area contributed by atoms with Crippen LogP contribution in [0.2, 0.25) is 0 Å². The highest BCUT2D eigenvalue weighted by molar-refractivity contribution is 6.01. The molecule has 0 aromatic rings. The standard InChI is InChI=1S/C21H29FO/c1-4-13-5-6-16-15-12-19(22)18-11-14(23)7-9-21(18,3)17(15)8-10-20(13,16)2/h7,9,11,13,15-17,19H,4-6,8,10,12H2,1-3H3/t13-,15-,16-,17-,19?,20+,21+/m0/s1. The molecule has 2 heteroatoms. The summed E-state index contributed by atoms with van der Waals surface area (Å²) in [6.07, 6.45) is 11.3. The van der Waals surface area contributed by atoms with Gasteiger partial charge in [-0.25, -0.2) is 4.39 Å². The zero-order valence-corrected chi connectivity index (χ0v) is 14.6. The Labute approximate surface area is 139 Å². The van der Waals surface area contributed by atoms with E-state index in [1.54, 1.807) is 12.2 Å². The van der Waals surface area contributed by atoms with Crippen LogP contribution in [0.4, 0.5) is 4.39 Å². The van der Waals surface area contributed by atoms with Gasteiger partial charge in [0, 0.05) is 5.41 Å². The molecule has 0 bridgehead atoms. The van der Waals surface area contributed by atoms with E-state index in [0.717, 1.165) is 11.5 Å². The molecule has 1 unspecified atom stereocenters. The maximum absolute atomic E-state index is 15.0. The van der Waals surface area contributed by atoms with Crippen molar-refractivity contribution >= 4 is 5.78 Å². The molecule has 0 saturated heterocycles. The Bertz CT molecular complexity index is 591. The topological polar surface area (TPSA) is 17.1 Å². The Morgan fingerprint density at radius 3 is 2.74 bits per heavy atom. The summed E-state index contributed by atoms with van der Waals surface area (Å²) in [4.78, 5) is 11.8. The SMILES string of the molecule is CC[C@H]1CC[C@H]2[C@@H]3CC(F)C4=CC(=O)C=C[C@]4(C)[C@H]3CC[C@]12C. The van der Waals surface area contributed by atoms with E-state index in [2.05, 4.69) is 20.8 Å².